The normalized spacial score (nSPS) is 12.1. The third-order valence-electron chi connectivity index (χ3n) is 3.45. The highest BCUT2D eigenvalue weighted by Crippen LogP contribution is 2.26. The second-order valence-corrected chi connectivity index (χ2v) is 6.56. The van der Waals surface area contributed by atoms with Crippen molar-refractivity contribution >= 4 is 29.2 Å². The van der Waals surface area contributed by atoms with Gasteiger partial charge in [-0.15, -0.1) is 0 Å². The van der Waals surface area contributed by atoms with Crippen molar-refractivity contribution in [1.82, 2.24) is 24.7 Å². The molecule has 0 amide bonds. The molecule has 0 bridgehead atoms. The molecule has 0 unspecified atom stereocenters. The third kappa shape index (κ3) is 5.73. The zero-order chi connectivity index (χ0) is 22.1. The fourth-order valence-corrected chi connectivity index (χ4v) is 2.43. The number of nitrogens with one attached hydrogen (secondary N) is 2. The van der Waals surface area contributed by atoms with E-state index in [-0.39, 0.29) is 22.6 Å². The number of hydrogen-bond donors (Lipinski definition) is 3. The van der Waals surface area contributed by atoms with Crippen LogP contribution in [0.2, 0.25) is 5.02 Å². The molecule has 0 atom stereocenters. The van der Waals surface area contributed by atoms with Crippen LogP contribution in [0.4, 0.5) is 39.5 Å². The minimum absolute atomic E-state index is 0.0620. The second kappa shape index (κ2) is 7.99. The molecule has 3 N–H and O–H groups in total. The molecule has 0 aliphatic carbocycles. The Balaban J connectivity index is 1.98. The number of aliphatic hydroxyl groups is 1. The molecule has 8 nitrogen and oxygen atoms in total. The summed E-state index contributed by atoms with van der Waals surface area (Å²) in [4.78, 5) is 11.6. The van der Waals surface area contributed by atoms with Gasteiger partial charge >= 0.3 is 6.11 Å². The van der Waals surface area contributed by atoms with Crippen molar-refractivity contribution in [2.75, 3.05) is 17.2 Å². The van der Waals surface area contributed by atoms with Crippen LogP contribution in [0.3, 0.4) is 0 Å². The van der Waals surface area contributed by atoms with Gasteiger partial charge < -0.3 is 15.7 Å². The zero-order valence-electron chi connectivity index (χ0n) is 15.0. The fourth-order valence-electron chi connectivity index (χ4n) is 2.21. The van der Waals surface area contributed by atoms with Gasteiger partial charge in [0.15, 0.2) is 0 Å². The van der Waals surface area contributed by atoms with E-state index in [0.717, 1.165) is 29.1 Å². The average Bonchev–Trinajstić information content (AvgIpc) is 3.09. The molecule has 0 saturated carbocycles. The van der Waals surface area contributed by atoms with Crippen molar-refractivity contribution < 1.29 is 27.1 Å². The van der Waals surface area contributed by atoms with Crippen LogP contribution in [0.1, 0.15) is 12.6 Å². The minimum atomic E-state index is -4.07. The van der Waals surface area contributed by atoms with Gasteiger partial charge in [0, 0.05) is 23.8 Å². The average molecular weight is 450 g/mol. The number of nitrogens with zero attached hydrogens (tertiary/aromatic N) is 5. The van der Waals surface area contributed by atoms with Crippen LogP contribution in [0, 0.1) is 5.82 Å². The van der Waals surface area contributed by atoms with E-state index in [4.69, 9.17) is 16.7 Å². The monoisotopic (exact) mass is 449 g/mol. The van der Waals surface area contributed by atoms with Gasteiger partial charge in [0.2, 0.25) is 11.9 Å². The highest BCUT2D eigenvalue weighted by molar-refractivity contribution is 6.30. The highest BCUT2D eigenvalue weighted by Gasteiger charge is 2.28. The van der Waals surface area contributed by atoms with Crippen LogP contribution in [-0.4, -0.2) is 42.5 Å². The first-order valence-electron chi connectivity index (χ1n) is 8.17. The van der Waals surface area contributed by atoms with Crippen molar-refractivity contribution in [1.29, 1.82) is 0 Å². The number of benzene rings is 1. The molecule has 3 rings (SSSR count). The van der Waals surface area contributed by atoms with Crippen molar-refractivity contribution in [3.8, 4) is 5.95 Å². The van der Waals surface area contributed by atoms with E-state index in [1.54, 1.807) is 0 Å². The van der Waals surface area contributed by atoms with Crippen LogP contribution in [-0.2, 0) is 5.92 Å². The molecule has 0 spiro atoms. The molecule has 1 aromatic carbocycles. The van der Waals surface area contributed by atoms with Gasteiger partial charge in [-0.05, 0) is 24.3 Å². The summed E-state index contributed by atoms with van der Waals surface area (Å²) >= 11 is 5.78. The molecular formula is C16H13ClF5N7O. The summed E-state index contributed by atoms with van der Waals surface area (Å²) in [6.45, 7) is -0.594. The number of anilines is 3. The number of rotatable bonds is 7. The molecule has 14 heteroatoms. The van der Waals surface area contributed by atoms with Crippen LogP contribution < -0.4 is 10.6 Å². The first kappa shape index (κ1) is 21.6. The predicted octanol–water partition coefficient (Wildman–Crippen LogP) is 3.70. The maximum absolute atomic E-state index is 13.5. The topological polar surface area (TPSA) is 101 Å². The molecule has 160 valence electrons. The lowest BCUT2D eigenvalue weighted by Crippen LogP contribution is -2.27. The summed E-state index contributed by atoms with van der Waals surface area (Å²) in [7, 11) is 0. The molecule has 0 fully saturated rings. The summed E-state index contributed by atoms with van der Waals surface area (Å²) in [6, 6.07) is 4.48. The van der Waals surface area contributed by atoms with Gasteiger partial charge in [-0.3, -0.25) is 0 Å². The Morgan fingerprint density at radius 2 is 1.80 bits per heavy atom. The van der Waals surface area contributed by atoms with E-state index in [0.29, 0.717) is 6.92 Å². The van der Waals surface area contributed by atoms with Crippen molar-refractivity contribution in [3.05, 3.63) is 47.0 Å². The van der Waals surface area contributed by atoms with E-state index in [9.17, 15) is 22.0 Å². The van der Waals surface area contributed by atoms with Gasteiger partial charge in [0.25, 0.3) is 11.9 Å². The predicted molar refractivity (Wildman–Crippen MR) is 96.9 cm³/mol. The summed E-state index contributed by atoms with van der Waals surface area (Å²) in [5, 5.41) is 17.0. The van der Waals surface area contributed by atoms with Gasteiger partial charge in [-0.25, -0.2) is 9.07 Å². The lowest BCUT2D eigenvalue weighted by molar-refractivity contribution is -0.186. The smallest absolute Gasteiger partial charge is 0.345 e. The van der Waals surface area contributed by atoms with Gasteiger partial charge in [-0.1, -0.05) is 11.6 Å². The largest absolute Gasteiger partial charge is 0.370 e. The molecule has 0 saturated heterocycles. The van der Waals surface area contributed by atoms with E-state index in [2.05, 4.69) is 30.7 Å². The SMILES string of the molecule is CC(F)(F)c1ccn(-c2nc(NCC(O)(F)F)nc(Nc3cc(F)cc(Cl)c3)n2)n1. The summed E-state index contributed by atoms with van der Waals surface area (Å²) < 4.78 is 66.8. The van der Waals surface area contributed by atoms with Crippen LogP contribution in [0.25, 0.3) is 5.95 Å². The Morgan fingerprint density at radius 3 is 2.40 bits per heavy atom. The number of aromatic nitrogens is 5. The highest BCUT2D eigenvalue weighted by atomic mass is 35.5. The lowest BCUT2D eigenvalue weighted by Gasteiger charge is -2.13. The number of halogens is 6. The Hall–Kier alpha value is -3.06. The maximum atomic E-state index is 13.5. The fraction of sp³-hybridized carbons (Fsp3) is 0.250. The lowest BCUT2D eigenvalue weighted by atomic mass is 10.3. The minimum Gasteiger partial charge on any atom is -0.345 e. The molecule has 2 heterocycles. The number of alkyl halides is 4. The van der Waals surface area contributed by atoms with Crippen molar-refractivity contribution in [2.45, 2.75) is 19.0 Å². The Labute approximate surface area is 170 Å². The molecule has 0 aliphatic rings. The van der Waals surface area contributed by atoms with Crippen LogP contribution >= 0.6 is 11.6 Å². The van der Waals surface area contributed by atoms with Gasteiger partial charge in [0.05, 0.1) is 0 Å². The molecule has 0 radical (unpaired) electrons. The Bertz CT molecular complexity index is 1030. The zero-order valence-corrected chi connectivity index (χ0v) is 15.8. The standard InChI is InChI=1S/C16H13ClF5N7O/c1-15(19,20)11-2-3-29(28-11)14-26-12(23-7-16(21,22)30)25-13(27-14)24-10-5-8(17)4-9(18)6-10/h2-6,30H,7H2,1H3,(H2,23,24,25,26,27). The summed E-state index contributed by atoms with van der Waals surface area (Å²) in [5.41, 5.74) is -0.456. The first-order valence-corrected chi connectivity index (χ1v) is 8.54. The van der Waals surface area contributed by atoms with E-state index in [1.165, 1.54) is 6.07 Å². The van der Waals surface area contributed by atoms with E-state index < -0.39 is 36.0 Å². The molecule has 0 aliphatic heterocycles. The van der Waals surface area contributed by atoms with Crippen molar-refractivity contribution in [2.24, 2.45) is 0 Å². The van der Waals surface area contributed by atoms with E-state index in [1.807, 2.05) is 0 Å². The molecule has 2 aromatic heterocycles. The third-order valence-corrected chi connectivity index (χ3v) is 3.66. The van der Waals surface area contributed by atoms with Crippen LogP contribution in [0.15, 0.2) is 30.5 Å². The summed E-state index contributed by atoms with van der Waals surface area (Å²) in [5.74, 6) is -4.91. The Morgan fingerprint density at radius 1 is 1.10 bits per heavy atom. The van der Waals surface area contributed by atoms with Gasteiger partial charge in [-0.2, -0.15) is 37.6 Å². The molecule has 30 heavy (non-hydrogen) atoms. The second-order valence-electron chi connectivity index (χ2n) is 6.12. The molecular weight excluding hydrogens is 437 g/mol. The summed E-state index contributed by atoms with van der Waals surface area (Å²) in [6.07, 6.45) is -2.94. The van der Waals surface area contributed by atoms with Gasteiger partial charge in [0.1, 0.15) is 18.1 Å². The van der Waals surface area contributed by atoms with E-state index >= 15 is 0 Å². The first-order chi connectivity index (χ1) is 13.9. The Kier molecular flexibility index (Phi) is 5.76. The van der Waals surface area contributed by atoms with Crippen LogP contribution in [0.5, 0.6) is 0 Å². The molecule has 3 aromatic rings. The quantitative estimate of drug-likeness (QED) is 0.473. The number of hydrogen-bond acceptors (Lipinski definition) is 7. The van der Waals surface area contributed by atoms with Crippen molar-refractivity contribution in [3.63, 3.8) is 0 Å². The maximum Gasteiger partial charge on any atom is 0.370 e.